The molecule has 3 amide bonds. The van der Waals surface area contributed by atoms with E-state index in [1.54, 1.807) is 29.4 Å². The summed E-state index contributed by atoms with van der Waals surface area (Å²) in [7, 11) is 0. The number of anilines is 2. The van der Waals surface area contributed by atoms with Crippen molar-refractivity contribution in [2.24, 2.45) is 0 Å². The van der Waals surface area contributed by atoms with Crippen LogP contribution in [0.4, 0.5) is 16.2 Å². The fourth-order valence-corrected chi connectivity index (χ4v) is 3.57. The van der Waals surface area contributed by atoms with Gasteiger partial charge in [-0.15, -0.1) is 0 Å². The number of urea groups is 1. The van der Waals surface area contributed by atoms with Crippen molar-refractivity contribution in [1.82, 2.24) is 9.88 Å². The number of carbonyl (C=O) groups excluding carboxylic acids is 2. The number of nitrogens with zero attached hydrogens (tertiary/aromatic N) is 2. The Morgan fingerprint density at radius 2 is 2.08 bits per heavy atom. The number of aromatic nitrogens is 1. The van der Waals surface area contributed by atoms with Crippen molar-refractivity contribution < 1.29 is 9.59 Å². The molecule has 2 heterocycles. The third-order valence-corrected chi connectivity index (χ3v) is 4.61. The summed E-state index contributed by atoms with van der Waals surface area (Å²) in [5.74, 6) is -0.164. The fraction of sp³-hybridized carbons (Fsp3) is 0.278. The quantitative estimate of drug-likeness (QED) is 0.847. The van der Waals surface area contributed by atoms with E-state index in [4.69, 9.17) is 0 Å². The summed E-state index contributed by atoms with van der Waals surface area (Å²) in [6, 6.07) is 9.09. The lowest BCUT2D eigenvalue weighted by Gasteiger charge is -2.34. The third-order valence-electron chi connectivity index (χ3n) is 4.61. The number of pyridine rings is 1. The molecule has 1 unspecified atom stereocenters. The number of benzene rings is 1. The van der Waals surface area contributed by atoms with E-state index in [9.17, 15) is 9.59 Å². The largest absolute Gasteiger partial charge is 0.324 e. The van der Waals surface area contributed by atoms with Crippen LogP contribution in [-0.4, -0.2) is 28.4 Å². The second-order valence-electron chi connectivity index (χ2n) is 6.13. The van der Waals surface area contributed by atoms with Gasteiger partial charge in [-0.3, -0.25) is 9.78 Å². The van der Waals surface area contributed by atoms with Crippen LogP contribution < -0.4 is 10.6 Å². The molecule has 2 aromatic rings. The minimum atomic E-state index is -0.258. The van der Waals surface area contributed by atoms with E-state index in [1.165, 1.54) is 5.56 Å². The Morgan fingerprint density at radius 1 is 1.25 bits per heavy atom. The van der Waals surface area contributed by atoms with Crippen LogP contribution in [0.1, 0.15) is 30.0 Å². The molecule has 4 rings (SSSR count). The highest BCUT2D eigenvalue weighted by molar-refractivity contribution is 5.99. The van der Waals surface area contributed by atoms with E-state index in [0.717, 1.165) is 30.5 Å². The topological polar surface area (TPSA) is 74.3 Å². The average Bonchev–Trinajstić information content (AvgIpc) is 2.74. The van der Waals surface area contributed by atoms with Gasteiger partial charge in [0.25, 0.3) is 0 Å². The van der Waals surface area contributed by atoms with Crippen LogP contribution in [0.25, 0.3) is 0 Å². The number of aryl methyl sites for hydroxylation is 1. The Balaban J connectivity index is 1.69. The van der Waals surface area contributed by atoms with Crippen molar-refractivity contribution in [3.05, 3.63) is 53.9 Å². The molecule has 1 aromatic carbocycles. The van der Waals surface area contributed by atoms with Gasteiger partial charge >= 0.3 is 6.03 Å². The van der Waals surface area contributed by atoms with Crippen molar-refractivity contribution in [1.29, 1.82) is 0 Å². The first-order chi connectivity index (χ1) is 11.7. The second-order valence-corrected chi connectivity index (χ2v) is 6.13. The first kappa shape index (κ1) is 14.7. The van der Waals surface area contributed by atoms with E-state index >= 15 is 0 Å². The Labute approximate surface area is 139 Å². The smallest absolute Gasteiger partial charge is 0.322 e. The molecular formula is C18H18N4O2. The van der Waals surface area contributed by atoms with E-state index in [1.807, 2.05) is 12.1 Å². The zero-order valence-electron chi connectivity index (χ0n) is 13.2. The molecule has 2 aliphatic rings. The maximum atomic E-state index is 12.8. The molecule has 0 saturated heterocycles. The Bertz CT molecular complexity index is 791. The lowest BCUT2D eigenvalue weighted by Crippen LogP contribution is -2.41. The molecule has 0 fully saturated rings. The molecule has 0 spiro atoms. The predicted molar refractivity (Wildman–Crippen MR) is 90.7 cm³/mol. The summed E-state index contributed by atoms with van der Waals surface area (Å²) in [4.78, 5) is 30.6. The highest BCUT2D eigenvalue weighted by atomic mass is 16.2. The van der Waals surface area contributed by atoms with Gasteiger partial charge in [-0.1, -0.05) is 12.1 Å². The van der Waals surface area contributed by atoms with E-state index in [0.29, 0.717) is 5.69 Å². The minimum absolute atomic E-state index is 0.0513. The SMILES string of the molecule is O=C1CN(C(=O)Nc2ccncc2)C2CCCc3cccc(c32)N1. The van der Waals surface area contributed by atoms with Crippen molar-refractivity contribution in [2.75, 3.05) is 17.2 Å². The molecule has 1 aromatic heterocycles. The average molecular weight is 322 g/mol. The molecule has 24 heavy (non-hydrogen) atoms. The van der Waals surface area contributed by atoms with Gasteiger partial charge in [-0.2, -0.15) is 0 Å². The van der Waals surface area contributed by atoms with Gasteiger partial charge in [0.15, 0.2) is 0 Å². The van der Waals surface area contributed by atoms with Crippen LogP contribution in [0, 0.1) is 0 Å². The van der Waals surface area contributed by atoms with Gasteiger partial charge in [-0.05, 0) is 43.0 Å². The summed E-state index contributed by atoms with van der Waals surface area (Å²) in [5.41, 5.74) is 3.80. The van der Waals surface area contributed by atoms with Crippen molar-refractivity contribution in [2.45, 2.75) is 25.3 Å². The lowest BCUT2D eigenvalue weighted by atomic mass is 9.86. The lowest BCUT2D eigenvalue weighted by molar-refractivity contribution is -0.117. The highest BCUT2D eigenvalue weighted by Crippen LogP contribution is 2.40. The van der Waals surface area contributed by atoms with E-state index < -0.39 is 0 Å². The summed E-state index contributed by atoms with van der Waals surface area (Å²) in [6.45, 7) is 0.0513. The van der Waals surface area contributed by atoms with Gasteiger partial charge < -0.3 is 15.5 Å². The first-order valence-electron chi connectivity index (χ1n) is 8.11. The van der Waals surface area contributed by atoms with Gasteiger partial charge in [-0.25, -0.2) is 4.79 Å². The molecule has 0 bridgehead atoms. The normalized spacial score (nSPS) is 19.1. The standard InChI is InChI=1S/C18H18N4O2/c23-16-11-22(18(24)20-13-7-9-19-10-8-13)15-6-2-4-12-3-1-5-14(21-16)17(12)15/h1,3,5,7-10,15H,2,4,6,11H2,(H,21,23)(H,19,20,24). The number of rotatable bonds is 1. The van der Waals surface area contributed by atoms with E-state index in [-0.39, 0.29) is 24.5 Å². The molecule has 122 valence electrons. The molecule has 2 N–H and O–H groups in total. The highest BCUT2D eigenvalue weighted by Gasteiger charge is 2.35. The number of carbonyl (C=O) groups is 2. The molecule has 0 radical (unpaired) electrons. The van der Waals surface area contributed by atoms with Gasteiger partial charge in [0.1, 0.15) is 6.54 Å². The number of nitrogens with one attached hydrogen (secondary N) is 2. The monoisotopic (exact) mass is 322 g/mol. The molecule has 0 saturated carbocycles. The first-order valence-corrected chi connectivity index (χ1v) is 8.11. The Kier molecular flexibility index (Phi) is 3.65. The molecule has 6 heteroatoms. The van der Waals surface area contributed by atoms with Crippen LogP contribution >= 0.6 is 0 Å². The van der Waals surface area contributed by atoms with Crippen molar-refractivity contribution in [3.63, 3.8) is 0 Å². The third kappa shape index (κ3) is 2.60. The maximum absolute atomic E-state index is 12.8. The van der Waals surface area contributed by atoms with Gasteiger partial charge in [0.2, 0.25) is 5.91 Å². The molecule has 1 aliphatic carbocycles. The number of hydrogen-bond acceptors (Lipinski definition) is 3. The number of hydrogen-bond donors (Lipinski definition) is 2. The minimum Gasteiger partial charge on any atom is -0.324 e. The fourth-order valence-electron chi connectivity index (χ4n) is 3.57. The van der Waals surface area contributed by atoms with Crippen LogP contribution in [0.5, 0.6) is 0 Å². The zero-order valence-corrected chi connectivity index (χ0v) is 13.2. The van der Waals surface area contributed by atoms with Crippen LogP contribution in [0.15, 0.2) is 42.7 Å². The summed E-state index contributed by atoms with van der Waals surface area (Å²) in [5, 5.41) is 5.81. The maximum Gasteiger partial charge on any atom is 0.322 e. The summed E-state index contributed by atoms with van der Waals surface area (Å²) in [6.07, 6.45) is 6.10. The molecule has 1 atom stereocenters. The molecular weight excluding hydrogens is 304 g/mol. The van der Waals surface area contributed by atoms with Crippen LogP contribution in [0.3, 0.4) is 0 Å². The second kappa shape index (κ2) is 5.96. The summed E-state index contributed by atoms with van der Waals surface area (Å²) < 4.78 is 0. The number of amides is 3. The molecule has 1 aliphatic heterocycles. The summed E-state index contributed by atoms with van der Waals surface area (Å²) >= 11 is 0. The van der Waals surface area contributed by atoms with Crippen molar-refractivity contribution >= 4 is 23.3 Å². The van der Waals surface area contributed by atoms with Crippen LogP contribution in [0.2, 0.25) is 0 Å². The Morgan fingerprint density at radius 3 is 2.92 bits per heavy atom. The van der Waals surface area contributed by atoms with Crippen LogP contribution in [-0.2, 0) is 11.2 Å². The Hall–Kier alpha value is -2.89. The molecule has 6 nitrogen and oxygen atoms in total. The predicted octanol–water partition coefficient (Wildman–Crippen LogP) is 2.95. The van der Waals surface area contributed by atoms with E-state index in [2.05, 4.69) is 21.7 Å². The van der Waals surface area contributed by atoms with Gasteiger partial charge in [0, 0.05) is 29.3 Å². The van der Waals surface area contributed by atoms with Gasteiger partial charge in [0.05, 0.1) is 6.04 Å². The van der Waals surface area contributed by atoms with Crippen molar-refractivity contribution in [3.8, 4) is 0 Å². The zero-order chi connectivity index (χ0) is 16.5.